The third-order valence-electron chi connectivity index (χ3n) is 4.72. The van der Waals surface area contributed by atoms with E-state index in [1.165, 1.54) is 11.3 Å². The van der Waals surface area contributed by atoms with E-state index in [4.69, 9.17) is 4.74 Å². The molecule has 1 fully saturated rings. The molecular weight excluding hydrogens is 314 g/mol. The Hall–Kier alpha value is -2.24. The fourth-order valence-electron chi connectivity index (χ4n) is 3.20. The molecule has 0 bridgehead atoms. The summed E-state index contributed by atoms with van der Waals surface area (Å²) >= 11 is 0. The molecule has 1 aliphatic rings. The number of anilines is 1. The molecule has 1 heterocycles. The lowest BCUT2D eigenvalue weighted by Gasteiger charge is -2.35. The Morgan fingerprint density at radius 1 is 1.04 bits per heavy atom. The maximum Gasteiger partial charge on any atom is 0.160 e. The number of methoxy groups -OCH3 is 1. The first-order valence-electron chi connectivity index (χ1n) is 8.75. The van der Waals surface area contributed by atoms with Crippen molar-refractivity contribution in [1.82, 2.24) is 10.2 Å². The first-order chi connectivity index (χ1) is 12.2. The molecule has 2 N–H and O–H groups in total. The summed E-state index contributed by atoms with van der Waals surface area (Å²) in [5.41, 5.74) is 3.67. The van der Waals surface area contributed by atoms with Crippen molar-refractivity contribution in [3.63, 3.8) is 0 Å². The number of hydrogen-bond acceptors (Lipinski definition) is 5. The van der Waals surface area contributed by atoms with Gasteiger partial charge in [-0.3, -0.25) is 0 Å². The van der Waals surface area contributed by atoms with E-state index in [0.29, 0.717) is 12.3 Å². The number of phenols is 1. The fraction of sp³-hybridized carbons (Fsp3) is 0.400. The lowest BCUT2D eigenvalue weighted by atomic mass is 10.1. The Kier molecular flexibility index (Phi) is 5.79. The molecule has 0 aromatic heterocycles. The average molecular weight is 341 g/mol. The number of likely N-dealkylation sites (N-methyl/N-ethyl adjacent to an activating group) is 1. The minimum atomic E-state index is 0.180. The molecule has 2 aromatic carbocycles. The van der Waals surface area contributed by atoms with E-state index in [2.05, 4.69) is 46.4 Å². The van der Waals surface area contributed by atoms with Gasteiger partial charge in [0.25, 0.3) is 0 Å². The first kappa shape index (κ1) is 17.6. The predicted octanol–water partition coefficient (Wildman–Crippen LogP) is 2.44. The maximum absolute atomic E-state index is 9.88. The van der Waals surface area contributed by atoms with Crippen LogP contribution in [0.15, 0.2) is 42.5 Å². The van der Waals surface area contributed by atoms with Gasteiger partial charge in [-0.15, -0.1) is 0 Å². The standard InChI is InChI=1S/C20H27N3O2/c1-22-9-11-23(12-10-22)18-6-4-3-5-17(18)15-21-14-16-7-8-20(25-2)19(24)13-16/h3-8,13,21,24H,9-12,14-15H2,1-2H3. The third kappa shape index (κ3) is 4.44. The van der Waals surface area contributed by atoms with E-state index < -0.39 is 0 Å². The summed E-state index contributed by atoms with van der Waals surface area (Å²) in [5.74, 6) is 0.684. The van der Waals surface area contributed by atoms with Crippen molar-refractivity contribution in [3.05, 3.63) is 53.6 Å². The van der Waals surface area contributed by atoms with E-state index in [1.807, 2.05) is 6.07 Å². The molecule has 2 aromatic rings. The number of hydrogen-bond donors (Lipinski definition) is 2. The van der Waals surface area contributed by atoms with Gasteiger partial charge in [0.15, 0.2) is 11.5 Å². The van der Waals surface area contributed by atoms with Crippen LogP contribution in [0.2, 0.25) is 0 Å². The molecule has 3 rings (SSSR count). The summed E-state index contributed by atoms with van der Waals surface area (Å²) < 4.78 is 5.08. The van der Waals surface area contributed by atoms with E-state index >= 15 is 0 Å². The molecule has 1 aliphatic heterocycles. The number of phenolic OH excluding ortho intramolecular Hbond substituents is 1. The number of nitrogens with one attached hydrogen (secondary N) is 1. The second-order valence-corrected chi connectivity index (χ2v) is 6.53. The van der Waals surface area contributed by atoms with E-state index in [-0.39, 0.29) is 5.75 Å². The van der Waals surface area contributed by atoms with Crippen molar-refractivity contribution in [2.24, 2.45) is 0 Å². The topological polar surface area (TPSA) is 48.0 Å². The molecule has 134 valence electrons. The zero-order chi connectivity index (χ0) is 17.6. The minimum absolute atomic E-state index is 0.180. The van der Waals surface area contributed by atoms with E-state index in [0.717, 1.165) is 38.3 Å². The summed E-state index contributed by atoms with van der Waals surface area (Å²) in [6.07, 6.45) is 0. The summed E-state index contributed by atoms with van der Waals surface area (Å²) in [7, 11) is 3.73. The highest BCUT2D eigenvalue weighted by atomic mass is 16.5. The number of para-hydroxylation sites is 1. The molecule has 0 radical (unpaired) electrons. The molecule has 0 aliphatic carbocycles. The highest BCUT2D eigenvalue weighted by Crippen LogP contribution is 2.26. The molecule has 5 nitrogen and oxygen atoms in total. The summed E-state index contributed by atoms with van der Waals surface area (Å²) in [6, 6.07) is 14.1. The van der Waals surface area contributed by atoms with Crippen LogP contribution in [0.3, 0.4) is 0 Å². The zero-order valence-corrected chi connectivity index (χ0v) is 15.0. The molecule has 5 heteroatoms. The third-order valence-corrected chi connectivity index (χ3v) is 4.72. The van der Waals surface area contributed by atoms with Crippen LogP contribution in [0.1, 0.15) is 11.1 Å². The van der Waals surface area contributed by atoms with Crippen molar-refractivity contribution < 1.29 is 9.84 Å². The average Bonchev–Trinajstić information content (AvgIpc) is 2.63. The molecule has 25 heavy (non-hydrogen) atoms. The summed E-state index contributed by atoms with van der Waals surface area (Å²) in [5, 5.41) is 13.4. The van der Waals surface area contributed by atoms with Gasteiger partial charge in [-0.2, -0.15) is 0 Å². The monoisotopic (exact) mass is 341 g/mol. The lowest BCUT2D eigenvalue weighted by molar-refractivity contribution is 0.312. The Morgan fingerprint density at radius 3 is 2.52 bits per heavy atom. The van der Waals surface area contributed by atoms with Crippen molar-refractivity contribution in [1.29, 1.82) is 0 Å². The SMILES string of the molecule is COc1ccc(CNCc2ccccc2N2CCN(C)CC2)cc1O. The molecule has 0 amide bonds. The van der Waals surface area contributed by atoms with Crippen LogP contribution in [-0.2, 0) is 13.1 Å². The highest BCUT2D eigenvalue weighted by molar-refractivity contribution is 5.54. The predicted molar refractivity (Wildman–Crippen MR) is 101 cm³/mol. The zero-order valence-electron chi connectivity index (χ0n) is 15.0. The van der Waals surface area contributed by atoms with Crippen LogP contribution in [0.5, 0.6) is 11.5 Å². The van der Waals surface area contributed by atoms with Crippen molar-refractivity contribution in [2.75, 3.05) is 45.2 Å². The number of nitrogens with zero attached hydrogens (tertiary/aromatic N) is 2. The lowest BCUT2D eigenvalue weighted by Crippen LogP contribution is -2.44. The molecule has 0 saturated carbocycles. The second-order valence-electron chi connectivity index (χ2n) is 6.53. The Labute approximate surface area is 149 Å². The molecular formula is C20H27N3O2. The van der Waals surface area contributed by atoms with Crippen LogP contribution in [-0.4, -0.2) is 50.3 Å². The van der Waals surface area contributed by atoms with Crippen LogP contribution in [0.25, 0.3) is 0 Å². The van der Waals surface area contributed by atoms with E-state index in [1.54, 1.807) is 19.2 Å². The normalized spacial score (nSPS) is 15.4. The van der Waals surface area contributed by atoms with Gasteiger partial charge in [-0.1, -0.05) is 24.3 Å². The smallest absolute Gasteiger partial charge is 0.160 e. The minimum Gasteiger partial charge on any atom is -0.504 e. The van der Waals surface area contributed by atoms with Gasteiger partial charge < -0.3 is 25.0 Å². The fourth-order valence-corrected chi connectivity index (χ4v) is 3.20. The number of aromatic hydroxyl groups is 1. The number of ether oxygens (including phenoxy) is 1. The van der Waals surface area contributed by atoms with Crippen molar-refractivity contribution in [3.8, 4) is 11.5 Å². The van der Waals surface area contributed by atoms with Gasteiger partial charge in [0.05, 0.1) is 7.11 Å². The summed E-state index contributed by atoms with van der Waals surface area (Å²) in [6.45, 7) is 5.85. The largest absolute Gasteiger partial charge is 0.504 e. The van der Waals surface area contributed by atoms with Gasteiger partial charge in [0.2, 0.25) is 0 Å². The van der Waals surface area contributed by atoms with E-state index in [9.17, 15) is 5.11 Å². The molecule has 0 unspecified atom stereocenters. The van der Waals surface area contributed by atoms with Crippen LogP contribution < -0.4 is 15.0 Å². The van der Waals surface area contributed by atoms with Gasteiger partial charge >= 0.3 is 0 Å². The number of piperazine rings is 1. The van der Waals surface area contributed by atoms with Crippen LogP contribution in [0.4, 0.5) is 5.69 Å². The second kappa shape index (κ2) is 8.23. The van der Waals surface area contributed by atoms with Gasteiger partial charge in [0, 0.05) is 45.0 Å². The summed E-state index contributed by atoms with van der Waals surface area (Å²) in [4.78, 5) is 4.84. The van der Waals surface area contributed by atoms with Crippen LogP contribution in [0, 0.1) is 0 Å². The van der Waals surface area contributed by atoms with Gasteiger partial charge in [-0.05, 0) is 36.4 Å². The van der Waals surface area contributed by atoms with Crippen molar-refractivity contribution in [2.45, 2.75) is 13.1 Å². The van der Waals surface area contributed by atoms with Gasteiger partial charge in [0.1, 0.15) is 0 Å². The molecule has 1 saturated heterocycles. The Bertz CT molecular complexity index is 697. The molecule has 0 atom stereocenters. The van der Waals surface area contributed by atoms with Crippen LogP contribution >= 0.6 is 0 Å². The number of benzene rings is 2. The first-order valence-corrected chi connectivity index (χ1v) is 8.75. The Morgan fingerprint density at radius 2 is 1.80 bits per heavy atom. The molecule has 0 spiro atoms. The van der Waals surface area contributed by atoms with Crippen molar-refractivity contribution >= 4 is 5.69 Å². The maximum atomic E-state index is 9.88. The Balaban J connectivity index is 1.61. The highest BCUT2D eigenvalue weighted by Gasteiger charge is 2.16. The quantitative estimate of drug-likeness (QED) is 0.845. The number of rotatable bonds is 6. The van der Waals surface area contributed by atoms with Gasteiger partial charge in [-0.25, -0.2) is 0 Å².